The Bertz CT molecular complexity index is 703. The van der Waals surface area contributed by atoms with Gasteiger partial charge in [0.05, 0.1) is 25.7 Å². The van der Waals surface area contributed by atoms with Crippen LogP contribution in [0.3, 0.4) is 0 Å². The molecule has 0 fully saturated rings. The number of amides is 1. The number of carbonyl (C=O) groups is 1. The van der Waals surface area contributed by atoms with Gasteiger partial charge in [-0.2, -0.15) is 0 Å². The summed E-state index contributed by atoms with van der Waals surface area (Å²) >= 11 is 1.39. The Balaban J connectivity index is 2.11. The molecular formula is C18H23N3O3S. The molecule has 0 atom stereocenters. The van der Waals surface area contributed by atoms with Crippen molar-refractivity contribution >= 4 is 17.7 Å². The van der Waals surface area contributed by atoms with Gasteiger partial charge in [-0.25, -0.2) is 0 Å². The molecule has 0 N–H and O–H groups in total. The topological polar surface area (TPSA) is 64.6 Å². The molecular weight excluding hydrogens is 338 g/mol. The van der Waals surface area contributed by atoms with Crippen molar-refractivity contribution in [1.29, 1.82) is 0 Å². The third kappa shape index (κ3) is 4.85. The van der Waals surface area contributed by atoms with Crippen LogP contribution in [0, 0.1) is 0 Å². The molecule has 7 heteroatoms. The van der Waals surface area contributed by atoms with Gasteiger partial charge in [0.25, 0.3) is 0 Å². The van der Waals surface area contributed by atoms with Crippen LogP contribution in [0.1, 0.15) is 13.8 Å². The number of ether oxygens (including phenoxy) is 2. The van der Waals surface area contributed by atoms with Gasteiger partial charge in [0, 0.05) is 18.7 Å². The highest BCUT2D eigenvalue weighted by Gasteiger charge is 2.12. The van der Waals surface area contributed by atoms with Crippen LogP contribution in [0.2, 0.25) is 0 Å². The van der Waals surface area contributed by atoms with Gasteiger partial charge >= 0.3 is 0 Å². The van der Waals surface area contributed by atoms with Crippen LogP contribution in [0.25, 0.3) is 11.3 Å². The standard InChI is InChI=1S/C18H23N3O3S/c1-5-21(6-2)18(22)12-25-17-10-8-15(19-20-17)14-11-13(23-3)7-9-16(14)24-4/h7-11H,5-6,12H2,1-4H3. The summed E-state index contributed by atoms with van der Waals surface area (Å²) < 4.78 is 10.6. The van der Waals surface area contributed by atoms with Crippen molar-refractivity contribution in [2.45, 2.75) is 18.9 Å². The predicted octanol–water partition coefficient (Wildman–Crippen LogP) is 3.12. The molecule has 0 spiro atoms. The molecule has 25 heavy (non-hydrogen) atoms. The zero-order valence-corrected chi connectivity index (χ0v) is 15.8. The van der Waals surface area contributed by atoms with E-state index in [4.69, 9.17) is 9.47 Å². The van der Waals surface area contributed by atoms with Crippen LogP contribution < -0.4 is 9.47 Å². The van der Waals surface area contributed by atoms with Gasteiger partial charge in [-0.05, 0) is 44.2 Å². The third-order valence-corrected chi connectivity index (χ3v) is 4.69. The minimum Gasteiger partial charge on any atom is -0.497 e. The molecule has 0 radical (unpaired) electrons. The molecule has 0 aliphatic rings. The summed E-state index contributed by atoms with van der Waals surface area (Å²) in [5.74, 6) is 1.89. The number of aromatic nitrogens is 2. The fourth-order valence-electron chi connectivity index (χ4n) is 2.36. The van der Waals surface area contributed by atoms with Gasteiger partial charge < -0.3 is 14.4 Å². The lowest BCUT2D eigenvalue weighted by molar-refractivity contribution is -0.127. The van der Waals surface area contributed by atoms with E-state index in [9.17, 15) is 4.79 Å². The van der Waals surface area contributed by atoms with E-state index in [2.05, 4.69) is 10.2 Å². The summed E-state index contributed by atoms with van der Waals surface area (Å²) in [4.78, 5) is 13.8. The van der Waals surface area contributed by atoms with E-state index in [1.54, 1.807) is 19.1 Å². The molecule has 6 nitrogen and oxygen atoms in total. The monoisotopic (exact) mass is 361 g/mol. The summed E-state index contributed by atoms with van der Waals surface area (Å²) in [6.45, 7) is 5.39. The van der Waals surface area contributed by atoms with Crippen molar-refractivity contribution in [3.63, 3.8) is 0 Å². The van der Waals surface area contributed by atoms with E-state index in [0.29, 0.717) is 22.2 Å². The van der Waals surface area contributed by atoms with Gasteiger partial charge in [-0.1, -0.05) is 11.8 Å². The highest BCUT2D eigenvalue weighted by atomic mass is 32.2. The number of nitrogens with zero attached hydrogens (tertiary/aromatic N) is 3. The van der Waals surface area contributed by atoms with Gasteiger partial charge in [0.2, 0.25) is 5.91 Å². The van der Waals surface area contributed by atoms with E-state index >= 15 is 0 Å². The number of thioether (sulfide) groups is 1. The molecule has 0 saturated heterocycles. The zero-order chi connectivity index (χ0) is 18.2. The predicted molar refractivity (Wildman–Crippen MR) is 99.2 cm³/mol. The minimum atomic E-state index is 0.107. The fraction of sp³-hybridized carbons (Fsp3) is 0.389. The lowest BCUT2D eigenvalue weighted by Crippen LogP contribution is -2.31. The molecule has 1 aromatic heterocycles. The number of rotatable bonds is 8. The Morgan fingerprint density at radius 1 is 1.08 bits per heavy atom. The van der Waals surface area contributed by atoms with E-state index in [1.807, 2.05) is 44.2 Å². The van der Waals surface area contributed by atoms with Crippen molar-refractivity contribution in [2.24, 2.45) is 0 Å². The lowest BCUT2D eigenvalue weighted by Gasteiger charge is -2.17. The van der Waals surface area contributed by atoms with Gasteiger partial charge in [0.1, 0.15) is 16.5 Å². The van der Waals surface area contributed by atoms with E-state index in [1.165, 1.54) is 11.8 Å². The molecule has 0 aliphatic carbocycles. The van der Waals surface area contributed by atoms with Crippen LogP contribution in [0.4, 0.5) is 0 Å². The van der Waals surface area contributed by atoms with Crippen molar-refractivity contribution in [2.75, 3.05) is 33.1 Å². The second kappa shape index (κ2) is 9.27. The van der Waals surface area contributed by atoms with Gasteiger partial charge in [-0.15, -0.1) is 10.2 Å². The molecule has 1 heterocycles. The Hall–Kier alpha value is -2.28. The molecule has 1 amide bonds. The van der Waals surface area contributed by atoms with Crippen molar-refractivity contribution in [1.82, 2.24) is 15.1 Å². The maximum absolute atomic E-state index is 12.0. The summed E-state index contributed by atoms with van der Waals surface area (Å²) in [5, 5.41) is 9.19. The van der Waals surface area contributed by atoms with Crippen LogP contribution in [-0.4, -0.2) is 54.1 Å². The number of methoxy groups -OCH3 is 2. The van der Waals surface area contributed by atoms with E-state index in [-0.39, 0.29) is 5.91 Å². The largest absolute Gasteiger partial charge is 0.497 e. The number of carbonyl (C=O) groups excluding carboxylic acids is 1. The normalized spacial score (nSPS) is 10.4. The molecule has 2 aromatic rings. The number of benzene rings is 1. The summed E-state index contributed by atoms with van der Waals surface area (Å²) in [5.41, 5.74) is 1.50. The van der Waals surface area contributed by atoms with Crippen molar-refractivity contribution < 1.29 is 14.3 Å². The first-order valence-corrected chi connectivity index (χ1v) is 9.08. The van der Waals surface area contributed by atoms with Gasteiger partial charge in [0.15, 0.2) is 0 Å². The van der Waals surface area contributed by atoms with Crippen LogP contribution in [0.5, 0.6) is 11.5 Å². The SMILES string of the molecule is CCN(CC)C(=O)CSc1ccc(-c2cc(OC)ccc2OC)nn1. The first-order chi connectivity index (χ1) is 12.1. The molecule has 0 bridgehead atoms. The first-order valence-electron chi connectivity index (χ1n) is 8.09. The average molecular weight is 361 g/mol. The Labute approximate surface area is 152 Å². The number of hydrogen-bond acceptors (Lipinski definition) is 6. The van der Waals surface area contributed by atoms with Crippen molar-refractivity contribution in [3.8, 4) is 22.8 Å². The molecule has 134 valence electrons. The lowest BCUT2D eigenvalue weighted by atomic mass is 10.1. The van der Waals surface area contributed by atoms with Crippen LogP contribution in [-0.2, 0) is 4.79 Å². The molecule has 1 aromatic carbocycles. The Morgan fingerprint density at radius 2 is 1.84 bits per heavy atom. The Kier molecular flexibility index (Phi) is 7.06. The molecule has 0 saturated carbocycles. The van der Waals surface area contributed by atoms with Crippen LogP contribution >= 0.6 is 11.8 Å². The Morgan fingerprint density at radius 3 is 2.40 bits per heavy atom. The van der Waals surface area contributed by atoms with Crippen molar-refractivity contribution in [3.05, 3.63) is 30.3 Å². The van der Waals surface area contributed by atoms with Gasteiger partial charge in [-0.3, -0.25) is 4.79 Å². The van der Waals surface area contributed by atoms with E-state index < -0.39 is 0 Å². The summed E-state index contributed by atoms with van der Waals surface area (Å²) in [6.07, 6.45) is 0. The second-order valence-corrected chi connectivity index (χ2v) is 6.17. The third-order valence-electron chi connectivity index (χ3n) is 3.78. The fourth-order valence-corrected chi connectivity index (χ4v) is 3.07. The quantitative estimate of drug-likeness (QED) is 0.673. The molecule has 2 rings (SSSR count). The highest BCUT2D eigenvalue weighted by Crippen LogP contribution is 2.32. The average Bonchev–Trinajstić information content (AvgIpc) is 2.67. The summed E-state index contributed by atoms with van der Waals surface area (Å²) in [7, 11) is 3.23. The number of hydrogen-bond donors (Lipinski definition) is 0. The summed E-state index contributed by atoms with van der Waals surface area (Å²) in [6, 6.07) is 9.26. The highest BCUT2D eigenvalue weighted by molar-refractivity contribution is 7.99. The smallest absolute Gasteiger partial charge is 0.232 e. The maximum Gasteiger partial charge on any atom is 0.232 e. The molecule has 0 aliphatic heterocycles. The van der Waals surface area contributed by atoms with Crippen LogP contribution in [0.15, 0.2) is 35.4 Å². The first kappa shape index (κ1) is 19.1. The van der Waals surface area contributed by atoms with E-state index in [0.717, 1.165) is 24.4 Å². The second-order valence-electron chi connectivity index (χ2n) is 5.18. The molecule has 0 unspecified atom stereocenters. The minimum absolute atomic E-state index is 0.107. The maximum atomic E-state index is 12.0. The zero-order valence-electron chi connectivity index (χ0n) is 15.0.